The van der Waals surface area contributed by atoms with Crippen molar-refractivity contribution in [3.05, 3.63) is 87.3 Å². The molecule has 1 amide bonds. The normalized spacial score (nSPS) is 11.1. The number of nitrogens with one attached hydrogen (secondary N) is 1. The topological polar surface area (TPSA) is 66.5 Å². The Hall–Kier alpha value is -2.06. The molecule has 0 saturated carbocycles. The lowest BCUT2D eigenvalue weighted by atomic mass is 10.3. The second kappa shape index (κ2) is 9.17. The number of hydrogen-bond donors (Lipinski definition) is 1. The predicted molar refractivity (Wildman–Crippen MR) is 120 cm³/mol. The number of rotatable bonds is 6. The summed E-state index contributed by atoms with van der Waals surface area (Å²) in [4.78, 5) is 12.7. The Morgan fingerprint density at radius 3 is 2.14 bits per heavy atom. The van der Waals surface area contributed by atoms with Crippen molar-refractivity contribution < 1.29 is 13.2 Å². The van der Waals surface area contributed by atoms with E-state index in [0.29, 0.717) is 10.2 Å². The summed E-state index contributed by atoms with van der Waals surface area (Å²) < 4.78 is 28.2. The van der Waals surface area contributed by atoms with Crippen LogP contribution in [0.25, 0.3) is 0 Å². The van der Waals surface area contributed by atoms with Gasteiger partial charge in [-0.3, -0.25) is 9.10 Å². The predicted octanol–water partition coefficient (Wildman–Crippen LogP) is 5.59. The van der Waals surface area contributed by atoms with Crippen LogP contribution in [0.5, 0.6) is 0 Å². The molecule has 0 aromatic heterocycles. The number of halogens is 3. The quantitative estimate of drug-likeness (QED) is 0.467. The number of hydrogen-bond acceptors (Lipinski definition) is 3. The van der Waals surface area contributed by atoms with Gasteiger partial charge in [0, 0.05) is 14.5 Å². The number of para-hydroxylation sites is 1. The van der Waals surface area contributed by atoms with Crippen molar-refractivity contribution >= 4 is 66.4 Å². The summed E-state index contributed by atoms with van der Waals surface area (Å²) in [5.74, 6) is -0.521. The third-order valence-electron chi connectivity index (χ3n) is 3.90. The van der Waals surface area contributed by atoms with Gasteiger partial charge < -0.3 is 5.32 Å². The summed E-state index contributed by atoms with van der Waals surface area (Å²) in [6, 6.07) is 19.3. The van der Waals surface area contributed by atoms with Crippen LogP contribution >= 0.6 is 39.1 Å². The zero-order chi connectivity index (χ0) is 21.0. The van der Waals surface area contributed by atoms with Crippen LogP contribution < -0.4 is 9.62 Å². The molecule has 150 valence electrons. The van der Waals surface area contributed by atoms with Crippen LogP contribution in [0, 0.1) is 0 Å². The average molecular weight is 514 g/mol. The minimum Gasteiger partial charge on any atom is -0.323 e. The smallest absolute Gasteiger partial charge is 0.264 e. The van der Waals surface area contributed by atoms with E-state index in [9.17, 15) is 13.2 Å². The highest BCUT2D eigenvalue weighted by molar-refractivity contribution is 9.10. The number of sulfonamides is 1. The number of benzene rings is 3. The van der Waals surface area contributed by atoms with Gasteiger partial charge in [0.15, 0.2) is 0 Å². The molecule has 0 bridgehead atoms. The van der Waals surface area contributed by atoms with Crippen molar-refractivity contribution in [2.75, 3.05) is 16.2 Å². The molecule has 0 spiro atoms. The molecule has 3 aromatic carbocycles. The molecule has 0 atom stereocenters. The highest BCUT2D eigenvalue weighted by Gasteiger charge is 2.27. The van der Waals surface area contributed by atoms with Crippen molar-refractivity contribution in [2.45, 2.75) is 4.90 Å². The molecular weight excluding hydrogens is 499 g/mol. The van der Waals surface area contributed by atoms with Gasteiger partial charge in [0.2, 0.25) is 5.91 Å². The molecule has 0 radical (unpaired) electrons. The van der Waals surface area contributed by atoms with E-state index in [0.717, 1.165) is 4.31 Å². The number of anilines is 2. The zero-order valence-electron chi connectivity index (χ0n) is 14.8. The van der Waals surface area contributed by atoms with E-state index in [1.54, 1.807) is 42.5 Å². The van der Waals surface area contributed by atoms with Crippen LogP contribution in [0.3, 0.4) is 0 Å². The van der Waals surface area contributed by atoms with Gasteiger partial charge in [-0.25, -0.2) is 8.42 Å². The molecule has 29 heavy (non-hydrogen) atoms. The second-order valence-electron chi connectivity index (χ2n) is 5.98. The van der Waals surface area contributed by atoms with Crippen LogP contribution in [-0.4, -0.2) is 20.9 Å². The molecule has 5 nitrogen and oxygen atoms in total. The summed E-state index contributed by atoms with van der Waals surface area (Å²) in [6.45, 7) is -0.463. The van der Waals surface area contributed by atoms with Crippen LogP contribution in [0.4, 0.5) is 11.4 Å². The van der Waals surface area contributed by atoms with Gasteiger partial charge in [-0.05, 0) is 58.4 Å². The van der Waals surface area contributed by atoms with Crippen molar-refractivity contribution in [1.82, 2.24) is 0 Å². The van der Waals surface area contributed by atoms with E-state index in [2.05, 4.69) is 21.2 Å². The molecule has 9 heteroatoms. The van der Waals surface area contributed by atoms with E-state index in [1.807, 2.05) is 0 Å². The Balaban J connectivity index is 1.99. The molecule has 0 fully saturated rings. The second-order valence-corrected chi connectivity index (χ2v) is 9.57. The Morgan fingerprint density at radius 1 is 0.931 bits per heavy atom. The minimum atomic E-state index is -4.04. The zero-order valence-corrected chi connectivity index (χ0v) is 18.8. The fourth-order valence-corrected chi connectivity index (χ4v) is 4.92. The number of carbonyl (C=O) groups excluding carboxylic acids is 1. The molecular formula is C20H15BrCl2N2O3S. The van der Waals surface area contributed by atoms with E-state index in [-0.39, 0.29) is 20.6 Å². The summed E-state index contributed by atoms with van der Waals surface area (Å²) in [5.41, 5.74) is 0.715. The van der Waals surface area contributed by atoms with Gasteiger partial charge in [0.1, 0.15) is 6.54 Å². The maximum atomic E-state index is 13.3. The Labute approximate surface area is 187 Å². The molecule has 0 saturated heterocycles. The number of carbonyl (C=O) groups is 1. The molecule has 1 N–H and O–H groups in total. The van der Waals surface area contributed by atoms with Crippen LogP contribution in [-0.2, 0) is 14.8 Å². The van der Waals surface area contributed by atoms with Gasteiger partial charge in [0.05, 0.1) is 16.3 Å². The molecule has 0 unspecified atom stereocenters. The number of nitrogens with zero attached hydrogens (tertiary/aromatic N) is 1. The molecule has 3 rings (SSSR count). The Morgan fingerprint density at radius 2 is 1.52 bits per heavy atom. The molecule has 0 heterocycles. The van der Waals surface area contributed by atoms with Gasteiger partial charge in [-0.15, -0.1) is 0 Å². The Bertz CT molecular complexity index is 1120. The summed E-state index contributed by atoms with van der Waals surface area (Å²) >= 11 is 15.5. The lowest BCUT2D eigenvalue weighted by Crippen LogP contribution is -2.38. The first kappa shape index (κ1) is 21.6. The molecule has 0 aliphatic carbocycles. The standard InChI is InChI=1S/C20H15BrCl2N2O3S/c21-18-8-4-5-9-19(18)24-20(26)13-25(16-11-14(22)10-15(23)12-16)29(27,28)17-6-2-1-3-7-17/h1-12H,13H2,(H,24,26). The van der Waals surface area contributed by atoms with Crippen molar-refractivity contribution in [3.8, 4) is 0 Å². The van der Waals surface area contributed by atoms with Crippen molar-refractivity contribution in [2.24, 2.45) is 0 Å². The van der Waals surface area contributed by atoms with Gasteiger partial charge >= 0.3 is 0 Å². The highest BCUT2D eigenvalue weighted by Crippen LogP contribution is 2.30. The van der Waals surface area contributed by atoms with E-state index in [1.165, 1.54) is 30.3 Å². The fraction of sp³-hybridized carbons (Fsp3) is 0.0500. The van der Waals surface area contributed by atoms with Crippen LogP contribution in [0.1, 0.15) is 0 Å². The minimum absolute atomic E-state index is 0.0461. The van der Waals surface area contributed by atoms with Gasteiger partial charge in [-0.2, -0.15) is 0 Å². The molecule has 0 aliphatic rings. The van der Waals surface area contributed by atoms with E-state index >= 15 is 0 Å². The largest absolute Gasteiger partial charge is 0.323 e. The summed E-state index contributed by atoms with van der Waals surface area (Å²) in [6.07, 6.45) is 0. The average Bonchev–Trinajstić information content (AvgIpc) is 2.68. The van der Waals surface area contributed by atoms with Crippen LogP contribution in [0.15, 0.2) is 82.2 Å². The monoisotopic (exact) mass is 512 g/mol. The first-order valence-corrected chi connectivity index (χ1v) is 11.3. The van der Waals surface area contributed by atoms with Gasteiger partial charge in [0.25, 0.3) is 10.0 Å². The third-order valence-corrected chi connectivity index (χ3v) is 6.82. The first-order valence-electron chi connectivity index (χ1n) is 8.35. The van der Waals surface area contributed by atoms with Crippen molar-refractivity contribution in [1.29, 1.82) is 0 Å². The maximum absolute atomic E-state index is 13.3. The van der Waals surface area contributed by atoms with E-state index in [4.69, 9.17) is 23.2 Å². The summed E-state index contributed by atoms with van der Waals surface area (Å²) in [7, 11) is -4.04. The third kappa shape index (κ3) is 5.30. The van der Waals surface area contributed by atoms with E-state index < -0.39 is 22.5 Å². The summed E-state index contributed by atoms with van der Waals surface area (Å²) in [5, 5.41) is 3.22. The first-order chi connectivity index (χ1) is 13.8. The van der Waals surface area contributed by atoms with Crippen molar-refractivity contribution in [3.63, 3.8) is 0 Å². The highest BCUT2D eigenvalue weighted by atomic mass is 79.9. The maximum Gasteiger partial charge on any atom is 0.264 e. The molecule has 3 aromatic rings. The lowest BCUT2D eigenvalue weighted by molar-refractivity contribution is -0.114. The van der Waals surface area contributed by atoms with Gasteiger partial charge in [-0.1, -0.05) is 53.5 Å². The fourth-order valence-electron chi connectivity index (χ4n) is 2.60. The SMILES string of the molecule is O=C(CN(c1cc(Cl)cc(Cl)c1)S(=O)(=O)c1ccccc1)Nc1ccccc1Br. The van der Waals surface area contributed by atoms with Crippen LogP contribution in [0.2, 0.25) is 10.0 Å². The Kier molecular flexibility index (Phi) is 6.85. The lowest BCUT2D eigenvalue weighted by Gasteiger charge is -2.24. The number of amides is 1. The molecule has 0 aliphatic heterocycles.